The van der Waals surface area contributed by atoms with Crippen molar-refractivity contribution in [2.24, 2.45) is 5.92 Å². The Kier molecular flexibility index (Phi) is 7.17. The Morgan fingerprint density at radius 2 is 1.92 bits per heavy atom. The molecule has 0 spiro atoms. The molecule has 0 unspecified atom stereocenters. The highest BCUT2D eigenvalue weighted by molar-refractivity contribution is 7.92. The Bertz CT molecular complexity index is 812. The van der Waals surface area contributed by atoms with E-state index in [0.717, 1.165) is 15.3 Å². The van der Waals surface area contributed by atoms with Gasteiger partial charge in [-0.15, -0.1) is 0 Å². The van der Waals surface area contributed by atoms with Gasteiger partial charge < -0.3 is 9.73 Å². The average molecular weight is 376 g/mol. The quantitative estimate of drug-likeness (QED) is 0.730. The molecule has 2 aromatic rings. The fourth-order valence-electron chi connectivity index (χ4n) is 2.16. The van der Waals surface area contributed by atoms with Crippen molar-refractivity contribution in [3.8, 4) is 0 Å². The first kappa shape index (κ1) is 19.9. The zero-order chi connectivity index (χ0) is 19.0. The molecule has 2 rings (SSSR count). The lowest BCUT2D eigenvalue weighted by Crippen LogP contribution is -2.40. The molecule has 0 aliphatic heterocycles. The van der Waals surface area contributed by atoms with E-state index in [1.165, 1.54) is 12.3 Å². The number of nitrogens with one attached hydrogen (secondary N) is 1. The molecule has 0 saturated carbocycles. The topological polar surface area (TPSA) is 79.6 Å². The molecular formula is C19H24N2O4S. The second-order valence-electron chi connectivity index (χ2n) is 6.30. The van der Waals surface area contributed by atoms with Gasteiger partial charge in [-0.2, -0.15) is 4.31 Å². The monoisotopic (exact) mass is 376 g/mol. The number of carbonyl (C=O) groups is 1. The molecule has 1 heterocycles. The number of carbonyl (C=O) groups excluding carboxylic acids is 1. The number of hydrogen-bond donors (Lipinski definition) is 1. The van der Waals surface area contributed by atoms with Gasteiger partial charge in [0.05, 0.1) is 19.4 Å². The molecule has 0 aliphatic carbocycles. The summed E-state index contributed by atoms with van der Waals surface area (Å²) in [6.07, 6.45) is 2.98. The summed E-state index contributed by atoms with van der Waals surface area (Å²) >= 11 is 0. The Balaban J connectivity index is 2.15. The van der Waals surface area contributed by atoms with Crippen molar-refractivity contribution < 1.29 is 17.6 Å². The summed E-state index contributed by atoms with van der Waals surface area (Å²) in [6, 6.07) is 12.5. The molecule has 0 bridgehead atoms. The minimum absolute atomic E-state index is 0.0104. The molecule has 1 N–H and O–H groups in total. The van der Waals surface area contributed by atoms with E-state index < -0.39 is 10.0 Å². The number of rotatable bonds is 9. The smallest absolute Gasteiger partial charge is 0.237 e. The van der Waals surface area contributed by atoms with Crippen LogP contribution >= 0.6 is 0 Å². The van der Waals surface area contributed by atoms with Gasteiger partial charge in [0.15, 0.2) is 0 Å². The SMILES string of the molecule is CC(C)CNC(=O)CN(Cc1ccco1)S(=O)(=O)/C=C/c1ccccc1. The molecule has 7 heteroatoms. The molecule has 0 aliphatic rings. The predicted molar refractivity (Wildman–Crippen MR) is 101 cm³/mol. The largest absolute Gasteiger partial charge is 0.468 e. The van der Waals surface area contributed by atoms with Crippen molar-refractivity contribution in [3.05, 3.63) is 65.5 Å². The van der Waals surface area contributed by atoms with Crippen LogP contribution in [0.25, 0.3) is 6.08 Å². The summed E-state index contributed by atoms with van der Waals surface area (Å²) in [5.74, 6) is 0.410. The Morgan fingerprint density at radius 3 is 2.54 bits per heavy atom. The van der Waals surface area contributed by atoms with Gasteiger partial charge in [0.2, 0.25) is 15.9 Å². The lowest BCUT2D eigenvalue weighted by Gasteiger charge is -2.19. The molecule has 1 amide bonds. The number of benzene rings is 1. The van der Waals surface area contributed by atoms with Crippen LogP contribution in [0.2, 0.25) is 0 Å². The molecular weight excluding hydrogens is 352 g/mol. The molecule has 0 fully saturated rings. The second-order valence-corrected chi connectivity index (χ2v) is 8.12. The summed E-state index contributed by atoms with van der Waals surface area (Å²) in [6.45, 7) is 4.16. The zero-order valence-electron chi connectivity index (χ0n) is 15.0. The van der Waals surface area contributed by atoms with Crippen LogP contribution in [0.15, 0.2) is 58.6 Å². The number of nitrogens with zero attached hydrogens (tertiary/aromatic N) is 1. The Hall–Kier alpha value is -2.38. The second kappa shape index (κ2) is 9.35. The van der Waals surface area contributed by atoms with Gasteiger partial charge >= 0.3 is 0 Å². The highest BCUT2D eigenvalue weighted by Crippen LogP contribution is 2.13. The van der Waals surface area contributed by atoms with E-state index in [1.807, 2.05) is 32.0 Å². The van der Waals surface area contributed by atoms with E-state index in [2.05, 4.69) is 5.32 Å². The molecule has 0 saturated heterocycles. The molecule has 1 aromatic carbocycles. The number of furan rings is 1. The molecule has 140 valence electrons. The van der Waals surface area contributed by atoms with Crippen molar-refractivity contribution in [3.63, 3.8) is 0 Å². The summed E-state index contributed by atoms with van der Waals surface area (Å²) < 4.78 is 31.8. The molecule has 26 heavy (non-hydrogen) atoms. The highest BCUT2D eigenvalue weighted by Gasteiger charge is 2.23. The van der Waals surface area contributed by atoms with Gasteiger partial charge in [0.25, 0.3) is 0 Å². The summed E-state index contributed by atoms with van der Waals surface area (Å²) in [4.78, 5) is 12.1. The average Bonchev–Trinajstić information content (AvgIpc) is 3.12. The van der Waals surface area contributed by atoms with Crippen molar-refractivity contribution in [2.75, 3.05) is 13.1 Å². The van der Waals surface area contributed by atoms with Gasteiger partial charge in [-0.25, -0.2) is 8.42 Å². The van der Waals surface area contributed by atoms with Crippen molar-refractivity contribution in [1.82, 2.24) is 9.62 Å². The maximum atomic E-state index is 12.7. The fourth-order valence-corrected chi connectivity index (χ4v) is 3.27. The van der Waals surface area contributed by atoms with Gasteiger partial charge in [0.1, 0.15) is 5.76 Å². The molecule has 6 nitrogen and oxygen atoms in total. The van der Waals surface area contributed by atoms with Crippen LogP contribution in [0.4, 0.5) is 0 Å². The van der Waals surface area contributed by atoms with E-state index in [1.54, 1.807) is 24.3 Å². The highest BCUT2D eigenvalue weighted by atomic mass is 32.2. The normalized spacial score (nSPS) is 12.2. The Morgan fingerprint density at radius 1 is 1.19 bits per heavy atom. The van der Waals surface area contributed by atoms with Crippen LogP contribution in [0.1, 0.15) is 25.2 Å². The zero-order valence-corrected chi connectivity index (χ0v) is 15.8. The standard InChI is InChI=1S/C19H24N2O4S/c1-16(2)13-20-19(22)15-21(14-18-9-6-11-25-18)26(23,24)12-10-17-7-4-3-5-8-17/h3-12,16H,13-15H2,1-2H3,(H,20,22)/b12-10+. The summed E-state index contributed by atoms with van der Waals surface area (Å²) in [7, 11) is -3.80. The van der Waals surface area contributed by atoms with Crippen molar-refractivity contribution in [1.29, 1.82) is 0 Å². The number of amides is 1. The van der Waals surface area contributed by atoms with Crippen LogP contribution < -0.4 is 5.32 Å². The molecule has 0 atom stereocenters. The minimum atomic E-state index is -3.80. The maximum Gasteiger partial charge on any atom is 0.237 e. The van der Waals surface area contributed by atoms with Crippen molar-refractivity contribution in [2.45, 2.75) is 20.4 Å². The van der Waals surface area contributed by atoms with Crippen LogP contribution in [-0.2, 0) is 21.4 Å². The van der Waals surface area contributed by atoms with Gasteiger partial charge in [-0.3, -0.25) is 4.79 Å². The van der Waals surface area contributed by atoms with E-state index in [-0.39, 0.29) is 24.9 Å². The van der Waals surface area contributed by atoms with Gasteiger partial charge in [0, 0.05) is 12.0 Å². The maximum absolute atomic E-state index is 12.7. The first-order valence-corrected chi connectivity index (χ1v) is 9.89. The van der Waals surface area contributed by atoms with Gasteiger partial charge in [-0.1, -0.05) is 44.2 Å². The lowest BCUT2D eigenvalue weighted by atomic mass is 10.2. The van der Waals surface area contributed by atoms with E-state index in [9.17, 15) is 13.2 Å². The van der Waals surface area contributed by atoms with Crippen LogP contribution in [0.3, 0.4) is 0 Å². The van der Waals surface area contributed by atoms with Crippen LogP contribution in [0, 0.1) is 5.92 Å². The summed E-state index contributed by atoms with van der Waals surface area (Å²) in [5.41, 5.74) is 0.762. The fraction of sp³-hybridized carbons (Fsp3) is 0.316. The van der Waals surface area contributed by atoms with Crippen molar-refractivity contribution >= 4 is 22.0 Å². The number of sulfonamides is 1. The Labute approximate surface area is 154 Å². The van der Waals surface area contributed by atoms with Gasteiger partial charge in [-0.05, 0) is 29.7 Å². The third-order valence-corrected chi connectivity index (χ3v) is 4.99. The van der Waals surface area contributed by atoms with E-state index >= 15 is 0 Å². The minimum Gasteiger partial charge on any atom is -0.468 e. The van der Waals surface area contributed by atoms with Crippen LogP contribution in [0.5, 0.6) is 0 Å². The van der Waals surface area contributed by atoms with E-state index in [0.29, 0.717) is 12.3 Å². The summed E-state index contributed by atoms with van der Waals surface area (Å²) in [5, 5.41) is 3.85. The lowest BCUT2D eigenvalue weighted by molar-refractivity contribution is -0.121. The third kappa shape index (κ3) is 6.50. The van der Waals surface area contributed by atoms with Crippen LogP contribution in [-0.4, -0.2) is 31.7 Å². The molecule has 1 aromatic heterocycles. The third-order valence-electron chi connectivity index (χ3n) is 3.53. The number of hydrogen-bond acceptors (Lipinski definition) is 4. The van der Waals surface area contributed by atoms with E-state index in [4.69, 9.17) is 4.42 Å². The predicted octanol–water partition coefficient (Wildman–Crippen LogP) is 2.85. The first-order chi connectivity index (χ1) is 12.4. The molecule has 0 radical (unpaired) electrons. The first-order valence-electron chi connectivity index (χ1n) is 8.39.